The Morgan fingerprint density at radius 2 is 1.83 bits per heavy atom. The van der Waals surface area contributed by atoms with Crippen molar-refractivity contribution in [1.29, 1.82) is 0 Å². The zero-order valence-electron chi connectivity index (χ0n) is 21.7. The van der Waals surface area contributed by atoms with E-state index in [-0.39, 0.29) is 34.9 Å². The molecule has 2 amide bonds. The van der Waals surface area contributed by atoms with E-state index in [0.29, 0.717) is 11.3 Å². The third kappa shape index (κ3) is 5.92. The van der Waals surface area contributed by atoms with Crippen molar-refractivity contribution in [1.82, 2.24) is 19.6 Å². The second kappa shape index (κ2) is 12.7. The van der Waals surface area contributed by atoms with Gasteiger partial charge in [-0.15, -0.1) is 23.4 Å². The lowest BCUT2D eigenvalue weighted by Gasteiger charge is -2.49. The van der Waals surface area contributed by atoms with Crippen LogP contribution in [0.4, 0.5) is 5.13 Å². The molecule has 11 nitrogen and oxygen atoms in total. The summed E-state index contributed by atoms with van der Waals surface area (Å²) in [7, 11) is 0. The fraction of sp³-hybridized carbons (Fsp3) is 0.259. The van der Waals surface area contributed by atoms with Crippen LogP contribution in [0.1, 0.15) is 30.0 Å². The molecule has 1 unspecified atom stereocenters. The number of benzene rings is 2. The summed E-state index contributed by atoms with van der Waals surface area (Å²) < 4.78 is 10.1. The normalized spacial score (nSPS) is 18.6. The Balaban J connectivity index is 1.37. The van der Waals surface area contributed by atoms with E-state index in [1.165, 1.54) is 16.7 Å². The number of aromatic nitrogens is 2. The number of esters is 1. The monoisotopic (exact) mass is 612 g/mol. The molecule has 0 spiro atoms. The second-order valence-corrected chi connectivity index (χ2v) is 11.0. The molecule has 14 heteroatoms. The Labute approximate surface area is 248 Å². The zero-order chi connectivity index (χ0) is 28.9. The van der Waals surface area contributed by atoms with Crippen LogP contribution in [-0.4, -0.2) is 67.4 Å². The van der Waals surface area contributed by atoms with E-state index in [1.54, 1.807) is 6.92 Å². The highest BCUT2D eigenvalue weighted by Crippen LogP contribution is 2.42. The Kier molecular flexibility index (Phi) is 8.86. The molecule has 0 saturated carbocycles. The van der Waals surface area contributed by atoms with Crippen LogP contribution in [0.3, 0.4) is 0 Å². The number of β-lactam (4-membered cyclic amide) rings is 1. The number of carbonyl (C=O) groups excluding carboxylic acids is 3. The molecule has 2 atom stereocenters. The van der Waals surface area contributed by atoms with Crippen LogP contribution in [0.15, 0.2) is 77.1 Å². The van der Waals surface area contributed by atoms with Crippen molar-refractivity contribution in [3.05, 3.63) is 88.9 Å². The van der Waals surface area contributed by atoms with E-state index >= 15 is 0 Å². The summed E-state index contributed by atoms with van der Waals surface area (Å²) in [6.45, 7) is 1.91. The SMILES string of the molecule is CCO/N=C(/C(=O)NC1C(=O)N2C(C(=O)OC(c3ccccc3)c3ccccc3)=C(CCl)CS[C@H]12)c1nsc(N)n1. The van der Waals surface area contributed by atoms with Gasteiger partial charge in [0.05, 0.1) is 0 Å². The summed E-state index contributed by atoms with van der Waals surface area (Å²) in [6.07, 6.45) is -0.704. The van der Waals surface area contributed by atoms with Crippen LogP contribution in [-0.2, 0) is 24.0 Å². The van der Waals surface area contributed by atoms with Crippen LogP contribution >= 0.6 is 34.9 Å². The summed E-state index contributed by atoms with van der Waals surface area (Å²) in [5, 5.41) is 6.09. The summed E-state index contributed by atoms with van der Waals surface area (Å²) >= 11 is 8.50. The van der Waals surface area contributed by atoms with E-state index in [1.807, 2.05) is 60.7 Å². The van der Waals surface area contributed by atoms with Gasteiger partial charge in [-0.1, -0.05) is 65.8 Å². The molecule has 1 aromatic heterocycles. The summed E-state index contributed by atoms with van der Waals surface area (Å²) in [5.41, 5.74) is 7.67. The molecule has 3 N–H and O–H groups in total. The molecule has 212 valence electrons. The summed E-state index contributed by atoms with van der Waals surface area (Å²) in [4.78, 5) is 50.6. The molecule has 2 aliphatic rings. The highest BCUT2D eigenvalue weighted by atomic mass is 35.5. The van der Waals surface area contributed by atoms with Gasteiger partial charge in [0.15, 0.2) is 11.2 Å². The lowest BCUT2D eigenvalue weighted by molar-refractivity contribution is -0.154. The van der Waals surface area contributed by atoms with Crippen LogP contribution in [0.5, 0.6) is 0 Å². The van der Waals surface area contributed by atoms with Gasteiger partial charge in [0.1, 0.15) is 23.7 Å². The van der Waals surface area contributed by atoms with Crippen molar-refractivity contribution in [2.24, 2.45) is 5.16 Å². The number of amides is 2. The van der Waals surface area contributed by atoms with Gasteiger partial charge in [-0.25, -0.2) is 4.79 Å². The molecule has 2 aliphatic heterocycles. The number of thioether (sulfide) groups is 1. The summed E-state index contributed by atoms with van der Waals surface area (Å²) in [6, 6.07) is 17.7. The first-order valence-corrected chi connectivity index (χ1v) is 14.9. The molecule has 41 heavy (non-hydrogen) atoms. The second-order valence-electron chi connectivity index (χ2n) is 8.87. The molecule has 0 aliphatic carbocycles. The van der Waals surface area contributed by atoms with Gasteiger partial charge in [0.2, 0.25) is 11.5 Å². The van der Waals surface area contributed by atoms with E-state index in [2.05, 4.69) is 19.8 Å². The number of carbonyl (C=O) groups is 3. The number of hydrogen-bond acceptors (Lipinski definition) is 11. The van der Waals surface area contributed by atoms with Gasteiger partial charge in [0, 0.05) is 23.2 Å². The number of nitrogens with one attached hydrogen (secondary N) is 1. The molecule has 3 heterocycles. The first kappa shape index (κ1) is 28.6. The smallest absolute Gasteiger partial charge is 0.356 e. The number of nitrogen functional groups attached to an aromatic ring is 1. The number of fused-ring (bicyclic) bond motifs is 1. The van der Waals surface area contributed by atoms with Crippen LogP contribution in [0.25, 0.3) is 0 Å². The Morgan fingerprint density at radius 3 is 2.39 bits per heavy atom. The maximum atomic E-state index is 13.7. The fourth-order valence-corrected chi connectivity index (χ4v) is 6.49. The van der Waals surface area contributed by atoms with E-state index in [9.17, 15) is 14.4 Å². The molecular formula is C27H25ClN6O5S2. The average molecular weight is 613 g/mol. The van der Waals surface area contributed by atoms with Crippen molar-refractivity contribution in [3.8, 4) is 0 Å². The van der Waals surface area contributed by atoms with Gasteiger partial charge in [-0.05, 0) is 23.6 Å². The Bertz CT molecular complexity index is 1460. The topological polar surface area (TPSA) is 149 Å². The molecule has 1 saturated heterocycles. The quantitative estimate of drug-likeness (QED) is 0.116. The predicted octanol–water partition coefficient (Wildman–Crippen LogP) is 3.09. The predicted molar refractivity (Wildman–Crippen MR) is 156 cm³/mol. The number of anilines is 1. The van der Waals surface area contributed by atoms with E-state index < -0.39 is 35.3 Å². The van der Waals surface area contributed by atoms with Crippen LogP contribution in [0.2, 0.25) is 0 Å². The van der Waals surface area contributed by atoms with Crippen LogP contribution in [0, 0.1) is 0 Å². The highest BCUT2D eigenvalue weighted by molar-refractivity contribution is 8.00. The molecule has 2 aromatic carbocycles. The van der Waals surface area contributed by atoms with Gasteiger partial charge in [-0.3, -0.25) is 14.5 Å². The molecule has 1 fully saturated rings. The van der Waals surface area contributed by atoms with Crippen molar-refractivity contribution < 1.29 is 24.0 Å². The lowest BCUT2D eigenvalue weighted by atomic mass is 10.0. The minimum atomic E-state index is -0.936. The molecule has 0 radical (unpaired) electrons. The fourth-order valence-electron chi connectivity index (χ4n) is 4.38. The Hall–Kier alpha value is -3.94. The van der Waals surface area contributed by atoms with Gasteiger partial charge >= 0.3 is 5.97 Å². The minimum absolute atomic E-state index is 0.0140. The number of nitrogens with zero attached hydrogens (tertiary/aromatic N) is 4. The molecular weight excluding hydrogens is 588 g/mol. The molecule has 5 rings (SSSR count). The van der Waals surface area contributed by atoms with Crippen molar-refractivity contribution in [2.45, 2.75) is 24.4 Å². The third-order valence-corrected chi connectivity index (χ3v) is 8.48. The standard InChI is InChI=1S/C27H25ClN6O5S2/c1-2-38-32-18(22-31-27(29)41-33-22)23(35)30-19-24(36)34-20(17(13-28)14-40-25(19)34)26(37)39-21(15-9-5-3-6-10-15)16-11-7-4-8-12-16/h3-12,19,21,25H,2,13-14H2,1H3,(H,30,35)(H2,29,31,33)/b32-18+/t19?,25-/m1/s1. The first-order valence-electron chi connectivity index (χ1n) is 12.6. The van der Waals surface area contributed by atoms with Gasteiger partial charge in [-0.2, -0.15) is 9.36 Å². The van der Waals surface area contributed by atoms with E-state index in [0.717, 1.165) is 22.7 Å². The largest absolute Gasteiger partial charge is 0.448 e. The number of alkyl halides is 1. The van der Waals surface area contributed by atoms with Gasteiger partial charge in [0.25, 0.3) is 11.8 Å². The van der Waals surface area contributed by atoms with Crippen molar-refractivity contribution >= 4 is 63.5 Å². The van der Waals surface area contributed by atoms with Gasteiger partial charge < -0.3 is 20.6 Å². The maximum absolute atomic E-state index is 13.7. The molecule has 3 aromatic rings. The number of rotatable bonds is 10. The number of ether oxygens (including phenoxy) is 1. The minimum Gasteiger partial charge on any atom is -0.448 e. The van der Waals surface area contributed by atoms with E-state index in [4.69, 9.17) is 26.9 Å². The lowest BCUT2D eigenvalue weighted by Crippen LogP contribution is -2.71. The number of oxime groups is 1. The number of hydrogen-bond donors (Lipinski definition) is 2. The first-order chi connectivity index (χ1) is 19.9. The highest BCUT2D eigenvalue weighted by Gasteiger charge is 2.55. The average Bonchev–Trinajstić information content (AvgIpc) is 3.44. The third-order valence-electron chi connectivity index (χ3n) is 6.27. The van der Waals surface area contributed by atoms with Crippen molar-refractivity contribution in [2.75, 3.05) is 24.0 Å². The zero-order valence-corrected chi connectivity index (χ0v) is 24.1. The van der Waals surface area contributed by atoms with Crippen LogP contribution < -0.4 is 11.1 Å². The number of halogens is 1. The maximum Gasteiger partial charge on any atom is 0.356 e. The summed E-state index contributed by atoms with van der Waals surface area (Å²) in [5.74, 6) is -1.47. The molecule has 0 bridgehead atoms. The Morgan fingerprint density at radius 1 is 1.17 bits per heavy atom. The van der Waals surface area contributed by atoms with Crippen molar-refractivity contribution in [3.63, 3.8) is 0 Å². The number of nitrogens with two attached hydrogens (primary N) is 1.